The molecule has 0 spiro atoms. The Morgan fingerprint density at radius 1 is 1.67 bits per heavy atom. The van der Waals surface area contributed by atoms with Gasteiger partial charge >= 0.3 is 0 Å². The Kier molecular flexibility index (Phi) is 5.01. The molecule has 5 heteroatoms. The summed E-state index contributed by atoms with van der Waals surface area (Å²) in [5.74, 6) is 0.0404. The van der Waals surface area contributed by atoms with Crippen LogP contribution in [0.1, 0.15) is 13.3 Å². The van der Waals surface area contributed by atoms with Crippen LogP contribution in [0.5, 0.6) is 0 Å². The van der Waals surface area contributed by atoms with Crippen molar-refractivity contribution >= 4 is 5.91 Å². The molecule has 88 valence electrons. The van der Waals surface area contributed by atoms with Crippen LogP contribution < -0.4 is 11.1 Å². The molecule has 15 heavy (non-hydrogen) atoms. The smallest absolute Gasteiger partial charge is 0.238 e. The van der Waals surface area contributed by atoms with Crippen molar-refractivity contribution in [1.82, 2.24) is 10.2 Å². The van der Waals surface area contributed by atoms with Crippen LogP contribution in [0, 0.1) is 0 Å². The van der Waals surface area contributed by atoms with Gasteiger partial charge in [-0.1, -0.05) is 0 Å². The summed E-state index contributed by atoms with van der Waals surface area (Å²) in [6.45, 7) is 4.68. The highest BCUT2D eigenvalue weighted by atomic mass is 16.5. The maximum atomic E-state index is 11.8. The molecular formula is C10H21N3O2. The molecule has 5 nitrogen and oxygen atoms in total. The van der Waals surface area contributed by atoms with Gasteiger partial charge in [-0.05, 0) is 13.3 Å². The third-order valence-electron chi connectivity index (χ3n) is 2.79. The lowest BCUT2D eigenvalue weighted by Crippen LogP contribution is -2.50. The molecule has 1 saturated heterocycles. The Balaban J connectivity index is 2.60. The van der Waals surface area contributed by atoms with Gasteiger partial charge in [0.15, 0.2) is 0 Å². The Morgan fingerprint density at radius 3 is 3.00 bits per heavy atom. The maximum absolute atomic E-state index is 11.8. The molecule has 0 aromatic rings. The molecule has 1 heterocycles. The maximum Gasteiger partial charge on any atom is 0.238 e. The van der Waals surface area contributed by atoms with Gasteiger partial charge < -0.3 is 15.8 Å². The number of carbonyl (C=O) groups is 1. The molecule has 3 N–H and O–H groups in total. The molecule has 2 atom stereocenters. The lowest BCUT2D eigenvalue weighted by atomic mass is 10.2. The van der Waals surface area contributed by atoms with Crippen LogP contribution in [0.15, 0.2) is 0 Å². The predicted molar refractivity (Wildman–Crippen MR) is 58.5 cm³/mol. The molecule has 0 aliphatic carbocycles. The number of hydrogen-bond donors (Lipinski definition) is 2. The van der Waals surface area contributed by atoms with E-state index in [1.807, 2.05) is 6.92 Å². The molecule has 0 bridgehead atoms. The predicted octanol–water partition coefficient (Wildman–Crippen LogP) is -0.829. The number of rotatable bonds is 4. The minimum absolute atomic E-state index is 0.0404. The molecule has 1 rings (SSSR count). The zero-order valence-electron chi connectivity index (χ0n) is 9.53. The van der Waals surface area contributed by atoms with Crippen molar-refractivity contribution in [2.45, 2.75) is 25.4 Å². The number of nitrogens with two attached hydrogens (primary N) is 1. The Hall–Kier alpha value is -0.650. The summed E-state index contributed by atoms with van der Waals surface area (Å²) in [6, 6.07) is 0.0317. The average Bonchev–Trinajstić information content (AvgIpc) is 2.34. The fourth-order valence-electron chi connectivity index (χ4n) is 1.82. The molecule has 2 unspecified atom stereocenters. The summed E-state index contributed by atoms with van der Waals surface area (Å²) >= 11 is 0. The van der Waals surface area contributed by atoms with E-state index in [0.29, 0.717) is 13.2 Å². The molecule has 0 radical (unpaired) electrons. The first-order chi connectivity index (χ1) is 7.19. The van der Waals surface area contributed by atoms with Gasteiger partial charge in [-0.2, -0.15) is 0 Å². The highest BCUT2D eigenvalue weighted by molar-refractivity contribution is 5.82. The lowest BCUT2D eigenvalue weighted by molar-refractivity contribution is -0.125. The van der Waals surface area contributed by atoms with Crippen molar-refractivity contribution in [1.29, 1.82) is 0 Å². The number of ether oxygens (including phenoxy) is 1. The first kappa shape index (κ1) is 12.4. The lowest BCUT2D eigenvalue weighted by Gasteiger charge is -2.26. The Morgan fingerprint density at radius 2 is 2.40 bits per heavy atom. The fourth-order valence-corrected chi connectivity index (χ4v) is 1.82. The van der Waals surface area contributed by atoms with Crippen LogP contribution in [-0.2, 0) is 9.53 Å². The zero-order valence-corrected chi connectivity index (χ0v) is 9.53. The largest absolute Gasteiger partial charge is 0.383 e. The third-order valence-corrected chi connectivity index (χ3v) is 2.79. The Labute approximate surface area is 90.9 Å². The van der Waals surface area contributed by atoms with Crippen molar-refractivity contribution in [2.75, 3.05) is 33.4 Å². The van der Waals surface area contributed by atoms with Gasteiger partial charge in [0.05, 0.1) is 6.61 Å². The number of carbonyl (C=O) groups excluding carboxylic acids is 1. The van der Waals surface area contributed by atoms with E-state index in [0.717, 1.165) is 19.5 Å². The summed E-state index contributed by atoms with van der Waals surface area (Å²) in [5, 5.41) is 2.95. The quantitative estimate of drug-likeness (QED) is 0.642. The van der Waals surface area contributed by atoms with Gasteiger partial charge in [-0.25, -0.2) is 0 Å². The van der Waals surface area contributed by atoms with Crippen molar-refractivity contribution in [3.05, 3.63) is 0 Å². The van der Waals surface area contributed by atoms with E-state index < -0.39 is 0 Å². The molecule has 1 fully saturated rings. The van der Waals surface area contributed by atoms with Crippen molar-refractivity contribution in [3.8, 4) is 0 Å². The van der Waals surface area contributed by atoms with Gasteiger partial charge in [-0.15, -0.1) is 0 Å². The van der Waals surface area contributed by atoms with Gasteiger partial charge in [0, 0.05) is 32.8 Å². The first-order valence-electron chi connectivity index (χ1n) is 5.42. The van der Waals surface area contributed by atoms with Gasteiger partial charge in [0.1, 0.15) is 6.04 Å². The number of nitrogens with one attached hydrogen (secondary N) is 1. The fraction of sp³-hybridized carbons (Fsp3) is 0.900. The van der Waals surface area contributed by atoms with Crippen LogP contribution in [-0.4, -0.2) is 56.2 Å². The van der Waals surface area contributed by atoms with E-state index in [2.05, 4.69) is 10.2 Å². The van der Waals surface area contributed by atoms with Crippen molar-refractivity contribution in [2.24, 2.45) is 5.73 Å². The normalized spacial score (nSPS) is 28.6. The second kappa shape index (κ2) is 6.05. The minimum atomic E-state index is -0.204. The van der Waals surface area contributed by atoms with Crippen LogP contribution in [0.4, 0.5) is 0 Å². The third kappa shape index (κ3) is 3.44. The van der Waals surface area contributed by atoms with E-state index in [1.165, 1.54) is 0 Å². The van der Waals surface area contributed by atoms with Gasteiger partial charge in [0.25, 0.3) is 0 Å². The van der Waals surface area contributed by atoms with Crippen LogP contribution in [0.25, 0.3) is 0 Å². The standard InChI is InChI=1S/C10H21N3O2/c1-8-3-4-13(5-6-15-2)9(7-11)10(14)12-8/h8-9H,3-7,11H2,1-2H3,(H,12,14). The number of methoxy groups -OCH3 is 1. The molecular weight excluding hydrogens is 194 g/mol. The summed E-state index contributed by atoms with van der Waals surface area (Å²) in [5.41, 5.74) is 5.63. The summed E-state index contributed by atoms with van der Waals surface area (Å²) < 4.78 is 5.03. The monoisotopic (exact) mass is 215 g/mol. The van der Waals surface area contributed by atoms with Crippen molar-refractivity contribution < 1.29 is 9.53 Å². The topological polar surface area (TPSA) is 67.6 Å². The first-order valence-corrected chi connectivity index (χ1v) is 5.42. The van der Waals surface area contributed by atoms with Gasteiger partial charge in [-0.3, -0.25) is 9.69 Å². The molecule has 0 aromatic heterocycles. The molecule has 1 amide bonds. The molecule has 0 saturated carbocycles. The zero-order chi connectivity index (χ0) is 11.3. The molecule has 1 aliphatic heterocycles. The highest BCUT2D eigenvalue weighted by Gasteiger charge is 2.28. The van der Waals surface area contributed by atoms with E-state index in [-0.39, 0.29) is 18.0 Å². The summed E-state index contributed by atoms with van der Waals surface area (Å²) in [4.78, 5) is 13.9. The Bertz CT molecular complexity index is 211. The van der Waals surface area contributed by atoms with Crippen LogP contribution >= 0.6 is 0 Å². The number of nitrogens with zero attached hydrogens (tertiary/aromatic N) is 1. The number of hydrogen-bond acceptors (Lipinski definition) is 4. The van der Waals surface area contributed by atoms with E-state index in [1.54, 1.807) is 7.11 Å². The molecule has 1 aliphatic rings. The molecule has 0 aromatic carbocycles. The van der Waals surface area contributed by atoms with Gasteiger partial charge in [0.2, 0.25) is 5.91 Å². The van der Waals surface area contributed by atoms with Crippen LogP contribution in [0.3, 0.4) is 0 Å². The number of amides is 1. The summed E-state index contributed by atoms with van der Waals surface area (Å²) in [6.07, 6.45) is 0.964. The summed E-state index contributed by atoms with van der Waals surface area (Å²) in [7, 11) is 1.66. The highest BCUT2D eigenvalue weighted by Crippen LogP contribution is 2.07. The van der Waals surface area contributed by atoms with Crippen molar-refractivity contribution in [3.63, 3.8) is 0 Å². The average molecular weight is 215 g/mol. The second-order valence-corrected chi connectivity index (χ2v) is 3.98. The minimum Gasteiger partial charge on any atom is -0.383 e. The van der Waals surface area contributed by atoms with E-state index in [4.69, 9.17) is 10.5 Å². The van der Waals surface area contributed by atoms with E-state index in [9.17, 15) is 4.79 Å². The van der Waals surface area contributed by atoms with Crippen LogP contribution in [0.2, 0.25) is 0 Å². The van der Waals surface area contributed by atoms with E-state index >= 15 is 0 Å². The SMILES string of the molecule is COCCN1CCC(C)NC(=O)C1CN. The second-order valence-electron chi connectivity index (χ2n) is 3.98.